The van der Waals surface area contributed by atoms with Crippen LogP contribution in [-0.2, 0) is 11.3 Å². The largest absolute Gasteiger partial charge is 0.497 e. The van der Waals surface area contributed by atoms with E-state index >= 15 is 0 Å². The third-order valence-electron chi connectivity index (χ3n) is 4.56. The molecule has 1 aromatic rings. The van der Waals surface area contributed by atoms with Crippen molar-refractivity contribution in [2.24, 2.45) is 5.92 Å². The van der Waals surface area contributed by atoms with Gasteiger partial charge >= 0.3 is 0 Å². The van der Waals surface area contributed by atoms with Gasteiger partial charge in [0.25, 0.3) is 5.91 Å². The summed E-state index contributed by atoms with van der Waals surface area (Å²) in [4.78, 5) is 13.4. The Morgan fingerprint density at radius 2 is 2.14 bits per heavy atom. The Hall–Kier alpha value is -1.55. The summed E-state index contributed by atoms with van der Waals surface area (Å²) in [5, 5.41) is 3.22. The summed E-state index contributed by atoms with van der Waals surface area (Å²) in [5.74, 6) is 1.64. The minimum Gasteiger partial charge on any atom is -0.497 e. The summed E-state index contributed by atoms with van der Waals surface area (Å²) in [6, 6.07) is 8.41. The number of nitrogens with one attached hydrogen (secondary N) is 2. The summed E-state index contributed by atoms with van der Waals surface area (Å²) in [7, 11) is 3.73. The molecule has 122 valence electrons. The van der Waals surface area contributed by atoms with Crippen molar-refractivity contribution in [3.63, 3.8) is 0 Å². The second-order valence-corrected chi connectivity index (χ2v) is 6.60. The topological polar surface area (TPSA) is 42.8 Å². The maximum atomic E-state index is 12.2. The van der Waals surface area contributed by atoms with Gasteiger partial charge in [0.2, 0.25) is 0 Å². The standard InChI is InChI=1S/C18H28N2O2/c1-14-7-4-5-10-17(14)19-18(21)13-20(2)12-15-8-6-9-16(11-15)22-3/h6,8-9,11,14,17H,4-5,7,10,12-13H2,1-3H3,(H,19,21)/p+1/t14-,17+/m1/s1. The molecule has 1 aliphatic rings. The molecule has 0 heterocycles. The Bertz CT molecular complexity index is 490. The number of quaternary nitrogens is 1. The molecule has 4 heteroatoms. The van der Waals surface area contributed by atoms with Crippen LogP contribution in [0.2, 0.25) is 0 Å². The van der Waals surface area contributed by atoms with Gasteiger partial charge in [0.1, 0.15) is 12.3 Å². The normalized spacial score (nSPS) is 22.9. The van der Waals surface area contributed by atoms with Crippen LogP contribution in [0.1, 0.15) is 38.2 Å². The van der Waals surface area contributed by atoms with Crippen LogP contribution < -0.4 is 15.0 Å². The number of amides is 1. The van der Waals surface area contributed by atoms with Crippen molar-refractivity contribution in [1.82, 2.24) is 5.32 Å². The zero-order chi connectivity index (χ0) is 15.9. The Kier molecular flexibility index (Phi) is 6.25. The van der Waals surface area contributed by atoms with Gasteiger partial charge in [0.15, 0.2) is 6.54 Å². The van der Waals surface area contributed by atoms with Gasteiger partial charge in [-0.25, -0.2) is 0 Å². The first-order chi connectivity index (χ1) is 10.6. The van der Waals surface area contributed by atoms with E-state index in [0.29, 0.717) is 18.5 Å². The average Bonchev–Trinajstić information content (AvgIpc) is 2.49. The van der Waals surface area contributed by atoms with Crippen molar-refractivity contribution < 1.29 is 14.4 Å². The molecule has 0 aromatic heterocycles. The van der Waals surface area contributed by atoms with Crippen LogP contribution >= 0.6 is 0 Å². The lowest BCUT2D eigenvalue weighted by atomic mass is 9.86. The van der Waals surface area contributed by atoms with Gasteiger partial charge in [-0.2, -0.15) is 0 Å². The predicted molar refractivity (Wildman–Crippen MR) is 88.0 cm³/mol. The second-order valence-electron chi connectivity index (χ2n) is 6.60. The number of ether oxygens (including phenoxy) is 1. The second kappa shape index (κ2) is 8.18. The molecule has 1 unspecified atom stereocenters. The molecule has 1 saturated carbocycles. The lowest BCUT2D eigenvalue weighted by molar-refractivity contribution is -0.885. The molecule has 0 saturated heterocycles. The number of hydrogen-bond acceptors (Lipinski definition) is 2. The quantitative estimate of drug-likeness (QED) is 0.834. The van der Waals surface area contributed by atoms with E-state index < -0.39 is 0 Å². The first-order valence-electron chi connectivity index (χ1n) is 8.32. The maximum Gasteiger partial charge on any atom is 0.275 e. The fraction of sp³-hybridized carbons (Fsp3) is 0.611. The van der Waals surface area contributed by atoms with E-state index in [0.717, 1.165) is 18.7 Å². The Balaban J connectivity index is 1.80. The van der Waals surface area contributed by atoms with Crippen molar-refractivity contribution in [2.75, 3.05) is 20.7 Å². The van der Waals surface area contributed by atoms with E-state index in [1.165, 1.54) is 29.7 Å². The van der Waals surface area contributed by atoms with Crippen LogP contribution in [0.3, 0.4) is 0 Å². The minimum absolute atomic E-state index is 0.166. The Morgan fingerprint density at radius 1 is 1.36 bits per heavy atom. The molecule has 0 radical (unpaired) electrons. The highest BCUT2D eigenvalue weighted by Crippen LogP contribution is 2.23. The van der Waals surface area contributed by atoms with Gasteiger partial charge in [-0.3, -0.25) is 4.79 Å². The fourth-order valence-corrected chi connectivity index (χ4v) is 3.26. The van der Waals surface area contributed by atoms with Crippen LogP contribution in [0.5, 0.6) is 5.75 Å². The molecular formula is C18H29N2O2+. The van der Waals surface area contributed by atoms with E-state index in [-0.39, 0.29) is 5.91 Å². The SMILES string of the molecule is COc1cccc(C[NH+](C)CC(=O)N[C@H]2CCCC[C@H]2C)c1. The summed E-state index contributed by atoms with van der Waals surface area (Å²) >= 11 is 0. The highest BCUT2D eigenvalue weighted by Gasteiger charge is 2.23. The van der Waals surface area contributed by atoms with Crippen LogP contribution in [0.15, 0.2) is 24.3 Å². The zero-order valence-electron chi connectivity index (χ0n) is 14.0. The molecule has 1 amide bonds. The summed E-state index contributed by atoms with van der Waals surface area (Å²) < 4.78 is 5.24. The zero-order valence-corrected chi connectivity index (χ0v) is 14.0. The molecule has 0 aliphatic heterocycles. The number of likely N-dealkylation sites (N-methyl/N-ethyl adjacent to an activating group) is 1. The van der Waals surface area contributed by atoms with Crippen molar-refractivity contribution >= 4 is 5.91 Å². The van der Waals surface area contributed by atoms with E-state index in [1.807, 2.05) is 18.2 Å². The lowest BCUT2D eigenvalue weighted by Gasteiger charge is -2.29. The fourth-order valence-electron chi connectivity index (χ4n) is 3.26. The van der Waals surface area contributed by atoms with Crippen LogP contribution in [0.25, 0.3) is 0 Å². The van der Waals surface area contributed by atoms with Crippen LogP contribution in [0, 0.1) is 5.92 Å². The average molecular weight is 305 g/mol. The molecule has 2 rings (SSSR count). The number of carbonyl (C=O) groups is 1. The molecular weight excluding hydrogens is 276 g/mol. The van der Waals surface area contributed by atoms with Crippen molar-refractivity contribution in [1.29, 1.82) is 0 Å². The molecule has 22 heavy (non-hydrogen) atoms. The van der Waals surface area contributed by atoms with Crippen molar-refractivity contribution in [2.45, 2.75) is 45.2 Å². The van der Waals surface area contributed by atoms with Gasteiger partial charge in [0, 0.05) is 11.6 Å². The highest BCUT2D eigenvalue weighted by atomic mass is 16.5. The molecule has 0 bridgehead atoms. The van der Waals surface area contributed by atoms with Gasteiger partial charge < -0.3 is 15.0 Å². The molecule has 1 aliphatic carbocycles. The number of rotatable bonds is 6. The monoisotopic (exact) mass is 305 g/mol. The first kappa shape index (κ1) is 16.8. The molecule has 1 fully saturated rings. The van der Waals surface area contributed by atoms with Crippen molar-refractivity contribution in [3.05, 3.63) is 29.8 Å². The summed E-state index contributed by atoms with van der Waals surface area (Å²) in [6.07, 6.45) is 4.90. The minimum atomic E-state index is 0.166. The maximum absolute atomic E-state index is 12.2. The Labute approximate surface area is 133 Å². The number of hydrogen-bond donors (Lipinski definition) is 2. The van der Waals surface area contributed by atoms with Crippen LogP contribution in [-0.4, -0.2) is 32.7 Å². The number of methoxy groups -OCH3 is 1. The van der Waals surface area contributed by atoms with Crippen molar-refractivity contribution in [3.8, 4) is 5.75 Å². The smallest absolute Gasteiger partial charge is 0.275 e. The molecule has 4 nitrogen and oxygen atoms in total. The molecule has 0 spiro atoms. The number of benzene rings is 1. The molecule has 3 atom stereocenters. The van der Waals surface area contributed by atoms with Gasteiger partial charge in [-0.1, -0.05) is 31.9 Å². The molecule has 2 N–H and O–H groups in total. The van der Waals surface area contributed by atoms with E-state index in [1.54, 1.807) is 7.11 Å². The summed E-state index contributed by atoms with van der Waals surface area (Å²) in [5.41, 5.74) is 1.19. The first-order valence-corrected chi connectivity index (χ1v) is 8.32. The van der Waals surface area contributed by atoms with E-state index in [2.05, 4.69) is 25.4 Å². The third kappa shape index (κ3) is 5.02. The van der Waals surface area contributed by atoms with Gasteiger partial charge in [-0.05, 0) is 30.9 Å². The van der Waals surface area contributed by atoms with Gasteiger partial charge in [-0.15, -0.1) is 0 Å². The predicted octanol–water partition coefficient (Wildman–Crippen LogP) is 1.40. The number of carbonyl (C=O) groups excluding carboxylic acids is 1. The van der Waals surface area contributed by atoms with Gasteiger partial charge in [0.05, 0.1) is 14.2 Å². The van der Waals surface area contributed by atoms with E-state index in [9.17, 15) is 4.79 Å². The van der Waals surface area contributed by atoms with E-state index in [4.69, 9.17) is 4.74 Å². The molecule has 1 aromatic carbocycles. The lowest BCUT2D eigenvalue weighted by Crippen LogP contribution is -3.09. The van der Waals surface area contributed by atoms with Crippen LogP contribution in [0.4, 0.5) is 0 Å². The Morgan fingerprint density at radius 3 is 2.86 bits per heavy atom. The highest BCUT2D eigenvalue weighted by molar-refractivity contribution is 5.77. The third-order valence-corrected chi connectivity index (χ3v) is 4.56. The summed E-state index contributed by atoms with van der Waals surface area (Å²) in [6.45, 7) is 3.59.